The number of benzene rings is 2. The molecule has 0 aliphatic rings. The van der Waals surface area contributed by atoms with Gasteiger partial charge in [-0.15, -0.1) is 5.10 Å². The molecule has 0 atom stereocenters. The lowest BCUT2D eigenvalue weighted by Gasteiger charge is -2.04. The summed E-state index contributed by atoms with van der Waals surface area (Å²) in [6, 6.07) is 11.9. The highest BCUT2D eigenvalue weighted by atomic mass is 19.1. The van der Waals surface area contributed by atoms with Crippen molar-refractivity contribution in [3.05, 3.63) is 82.4 Å². The average Bonchev–Trinajstić information content (AvgIpc) is 2.99. The Kier molecular flexibility index (Phi) is 4.48. The molecule has 0 spiro atoms. The van der Waals surface area contributed by atoms with E-state index < -0.39 is 11.5 Å². The van der Waals surface area contributed by atoms with E-state index in [1.54, 1.807) is 24.3 Å². The Balaban J connectivity index is 1.62. The molecule has 0 bridgehead atoms. The summed E-state index contributed by atoms with van der Waals surface area (Å²) in [6.45, 7) is 0.0871. The lowest BCUT2D eigenvalue weighted by atomic mass is 10.2. The predicted molar refractivity (Wildman–Crippen MR) is 99.0 cm³/mol. The fraction of sp³-hybridized carbons (Fsp3) is 0.105. The van der Waals surface area contributed by atoms with Gasteiger partial charge in [-0.1, -0.05) is 6.07 Å². The van der Waals surface area contributed by atoms with E-state index in [0.717, 1.165) is 0 Å². The van der Waals surface area contributed by atoms with Crippen LogP contribution in [0.3, 0.4) is 0 Å². The molecule has 0 aliphatic carbocycles. The molecule has 0 fully saturated rings. The fourth-order valence-corrected chi connectivity index (χ4v) is 2.74. The lowest BCUT2D eigenvalue weighted by Crippen LogP contribution is -2.21. The molecule has 0 amide bonds. The molecule has 9 heteroatoms. The molecule has 0 aliphatic heterocycles. The topological polar surface area (TPSA) is 73.4 Å². The number of ether oxygens (including phenoxy) is 1. The van der Waals surface area contributed by atoms with E-state index in [2.05, 4.69) is 15.4 Å². The quantitative estimate of drug-likeness (QED) is 0.574. The van der Waals surface area contributed by atoms with Crippen molar-refractivity contribution in [3.63, 3.8) is 0 Å². The van der Waals surface area contributed by atoms with E-state index >= 15 is 0 Å². The predicted octanol–water partition coefficient (Wildman–Crippen LogP) is 2.97. The maximum absolute atomic E-state index is 13.9. The molecule has 1 N–H and O–H groups in total. The Bertz CT molecular complexity index is 1200. The highest BCUT2D eigenvalue weighted by Crippen LogP contribution is 2.18. The second-order valence-electron chi connectivity index (χ2n) is 6.02. The van der Waals surface area contributed by atoms with Gasteiger partial charge in [-0.2, -0.15) is 4.98 Å². The molecule has 28 heavy (non-hydrogen) atoms. The third-order valence-electron chi connectivity index (χ3n) is 4.12. The lowest BCUT2D eigenvalue weighted by molar-refractivity contribution is 0.386. The highest BCUT2D eigenvalue weighted by molar-refractivity contribution is 5.57. The maximum atomic E-state index is 13.9. The summed E-state index contributed by atoms with van der Waals surface area (Å²) in [5, 5.41) is 7.21. The van der Waals surface area contributed by atoms with Gasteiger partial charge in [0.1, 0.15) is 11.6 Å². The molecule has 0 saturated carbocycles. The van der Waals surface area contributed by atoms with Gasteiger partial charge in [0.05, 0.1) is 13.7 Å². The number of nitrogens with zero attached hydrogens (tertiary/aromatic N) is 4. The molecule has 0 unspecified atom stereocenters. The summed E-state index contributed by atoms with van der Waals surface area (Å²) in [4.78, 5) is 16.8. The number of methoxy groups -OCH3 is 1. The van der Waals surface area contributed by atoms with E-state index in [1.807, 2.05) is 0 Å². The summed E-state index contributed by atoms with van der Waals surface area (Å²) in [5.74, 6) is -0.0860. The zero-order valence-electron chi connectivity index (χ0n) is 14.8. The van der Waals surface area contributed by atoms with E-state index in [1.165, 1.54) is 46.7 Å². The van der Waals surface area contributed by atoms with Crippen LogP contribution in [-0.2, 0) is 6.54 Å². The number of halogens is 2. The number of hydrogen-bond acceptors (Lipinski definition) is 5. The normalized spacial score (nSPS) is 11.0. The average molecular weight is 383 g/mol. The van der Waals surface area contributed by atoms with Crippen LogP contribution in [-0.4, -0.2) is 26.3 Å². The third kappa shape index (κ3) is 3.41. The Morgan fingerprint density at radius 3 is 2.61 bits per heavy atom. The summed E-state index contributed by atoms with van der Waals surface area (Å²) in [7, 11) is 1.38. The maximum Gasteiger partial charge on any atom is 0.351 e. The van der Waals surface area contributed by atoms with Crippen LogP contribution in [0.5, 0.6) is 5.75 Å². The summed E-state index contributed by atoms with van der Waals surface area (Å²) < 4.78 is 34.2. The van der Waals surface area contributed by atoms with Crippen LogP contribution in [0, 0.1) is 11.6 Å². The van der Waals surface area contributed by atoms with Gasteiger partial charge in [-0.3, -0.25) is 0 Å². The number of nitrogens with one attached hydrogen (secondary N) is 1. The van der Waals surface area contributed by atoms with Crippen LogP contribution in [0.4, 0.5) is 20.3 Å². The Hall–Kier alpha value is -3.75. The second kappa shape index (κ2) is 7.10. The van der Waals surface area contributed by atoms with Gasteiger partial charge >= 0.3 is 5.69 Å². The molecule has 2 heterocycles. The molecule has 4 rings (SSSR count). The second-order valence-corrected chi connectivity index (χ2v) is 6.02. The van der Waals surface area contributed by atoms with E-state index in [0.29, 0.717) is 17.1 Å². The van der Waals surface area contributed by atoms with Crippen molar-refractivity contribution in [2.24, 2.45) is 0 Å². The fourth-order valence-electron chi connectivity index (χ4n) is 2.74. The van der Waals surface area contributed by atoms with E-state index in [-0.39, 0.29) is 23.9 Å². The van der Waals surface area contributed by atoms with Crippen molar-refractivity contribution in [2.45, 2.75) is 6.54 Å². The summed E-state index contributed by atoms with van der Waals surface area (Å²) >= 11 is 0. The van der Waals surface area contributed by atoms with Crippen LogP contribution in [0.1, 0.15) is 5.56 Å². The first-order chi connectivity index (χ1) is 13.5. The summed E-state index contributed by atoms with van der Waals surface area (Å²) in [6.07, 6.45) is 1.54. The highest BCUT2D eigenvalue weighted by Gasteiger charge is 2.11. The zero-order valence-corrected chi connectivity index (χ0v) is 14.8. The Morgan fingerprint density at radius 1 is 1.11 bits per heavy atom. The van der Waals surface area contributed by atoms with Gasteiger partial charge in [0.15, 0.2) is 11.6 Å². The van der Waals surface area contributed by atoms with Crippen LogP contribution >= 0.6 is 0 Å². The van der Waals surface area contributed by atoms with Gasteiger partial charge in [-0.05, 0) is 48.0 Å². The Morgan fingerprint density at radius 2 is 1.89 bits per heavy atom. The molecule has 2 aromatic carbocycles. The van der Waals surface area contributed by atoms with Crippen LogP contribution < -0.4 is 15.7 Å². The van der Waals surface area contributed by atoms with Gasteiger partial charge in [0.2, 0.25) is 0 Å². The molecule has 7 nitrogen and oxygen atoms in total. The third-order valence-corrected chi connectivity index (χ3v) is 4.12. The van der Waals surface area contributed by atoms with Crippen LogP contribution in [0.2, 0.25) is 0 Å². The first kappa shape index (κ1) is 17.7. The van der Waals surface area contributed by atoms with E-state index in [4.69, 9.17) is 4.74 Å². The van der Waals surface area contributed by atoms with Crippen LogP contribution in [0.15, 0.2) is 59.5 Å². The van der Waals surface area contributed by atoms with Crippen molar-refractivity contribution >= 4 is 17.3 Å². The van der Waals surface area contributed by atoms with Gasteiger partial charge in [-0.25, -0.2) is 22.7 Å². The van der Waals surface area contributed by atoms with Crippen molar-refractivity contribution in [2.75, 3.05) is 12.4 Å². The molecule has 0 radical (unpaired) electrons. The number of hydrogen-bond donors (Lipinski definition) is 1. The van der Waals surface area contributed by atoms with Gasteiger partial charge in [0.25, 0.3) is 5.78 Å². The number of anilines is 2. The number of aromatic nitrogens is 4. The molecule has 142 valence electrons. The Labute approximate surface area is 157 Å². The van der Waals surface area contributed by atoms with Crippen molar-refractivity contribution in [3.8, 4) is 5.75 Å². The molecule has 2 aromatic heterocycles. The molecular formula is C19H15F2N5O2. The first-order valence-electron chi connectivity index (χ1n) is 8.35. The minimum Gasteiger partial charge on any atom is -0.494 e. The minimum atomic E-state index is -0.513. The van der Waals surface area contributed by atoms with Gasteiger partial charge in [0, 0.05) is 11.9 Å². The largest absolute Gasteiger partial charge is 0.494 e. The van der Waals surface area contributed by atoms with Crippen molar-refractivity contribution in [1.29, 1.82) is 0 Å². The minimum absolute atomic E-state index is 0.0871. The zero-order chi connectivity index (χ0) is 19.7. The molecule has 4 aromatic rings. The van der Waals surface area contributed by atoms with E-state index in [9.17, 15) is 13.6 Å². The van der Waals surface area contributed by atoms with Crippen LogP contribution in [0.25, 0.3) is 5.78 Å². The van der Waals surface area contributed by atoms with Crippen molar-refractivity contribution < 1.29 is 13.5 Å². The van der Waals surface area contributed by atoms with Gasteiger partial charge < -0.3 is 10.1 Å². The number of rotatable bonds is 5. The summed E-state index contributed by atoms with van der Waals surface area (Å²) in [5.41, 5.74) is 0.814. The number of fused-ring (bicyclic) bond motifs is 1. The monoisotopic (exact) mass is 383 g/mol. The standard InChI is InChI=1S/C19H15F2N5O2/c1-28-16-7-2-12(10-15(16)21)11-26-19(27)25-9-8-17(23-18(25)24-26)22-14-5-3-13(20)4-6-14/h2-10H,11H2,1H3,(H,22,23,24). The molecular weight excluding hydrogens is 368 g/mol. The van der Waals surface area contributed by atoms with Crippen molar-refractivity contribution in [1.82, 2.24) is 19.2 Å². The smallest absolute Gasteiger partial charge is 0.351 e. The first-order valence-corrected chi connectivity index (χ1v) is 8.35. The SMILES string of the molecule is COc1ccc(Cn2nc3nc(Nc4ccc(F)cc4)ccn3c2=O)cc1F. The molecule has 0 saturated heterocycles.